The summed E-state index contributed by atoms with van der Waals surface area (Å²) in [5.74, 6) is 1.00. The molecule has 2 heteroatoms. The Morgan fingerprint density at radius 3 is 3.07 bits per heavy atom. The van der Waals surface area contributed by atoms with Gasteiger partial charge in [-0.1, -0.05) is 18.2 Å². The van der Waals surface area contributed by atoms with Crippen LogP contribution in [0.4, 0.5) is 0 Å². The van der Waals surface area contributed by atoms with Crippen molar-refractivity contribution in [1.29, 1.82) is 0 Å². The van der Waals surface area contributed by atoms with E-state index in [2.05, 4.69) is 28.2 Å². The van der Waals surface area contributed by atoms with Gasteiger partial charge in [0.25, 0.3) is 0 Å². The highest BCUT2D eigenvalue weighted by molar-refractivity contribution is 5.63. The Balaban J connectivity index is 2.20. The number of hydrogen-bond donors (Lipinski definition) is 1. The van der Waals surface area contributed by atoms with Gasteiger partial charge in [0.2, 0.25) is 0 Å². The van der Waals surface area contributed by atoms with Gasteiger partial charge in [-0.15, -0.1) is 0 Å². The Kier molecular flexibility index (Phi) is 1.66. The lowest BCUT2D eigenvalue weighted by Crippen LogP contribution is -1.89. The van der Waals surface area contributed by atoms with Crippen LogP contribution in [0.15, 0.2) is 30.6 Å². The van der Waals surface area contributed by atoms with Crippen LogP contribution in [-0.4, -0.2) is 9.97 Å². The summed E-state index contributed by atoms with van der Waals surface area (Å²) in [4.78, 5) is 7.48. The Hall–Kier alpha value is -1.57. The molecule has 1 heterocycles. The zero-order valence-electron chi connectivity index (χ0n) is 7.96. The third-order valence-corrected chi connectivity index (χ3v) is 2.90. The first-order valence-electron chi connectivity index (χ1n) is 5.05. The molecule has 0 aliphatic heterocycles. The molecule has 1 aliphatic carbocycles. The average Bonchev–Trinajstić information content (AvgIpc) is 2.88. The van der Waals surface area contributed by atoms with Gasteiger partial charge in [-0.05, 0) is 30.4 Å². The lowest BCUT2D eigenvalue weighted by atomic mass is 10.0. The van der Waals surface area contributed by atoms with Crippen LogP contribution in [0.1, 0.15) is 17.5 Å². The molecule has 1 aliphatic rings. The van der Waals surface area contributed by atoms with Crippen LogP contribution < -0.4 is 0 Å². The molecule has 14 heavy (non-hydrogen) atoms. The molecule has 0 amide bonds. The molecule has 0 bridgehead atoms. The normalized spacial score (nSPS) is 14.3. The molecule has 2 nitrogen and oxygen atoms in total. The van der Waals surface area contributed by atoms with Gasteiger partial charge in [-0.2, -0.15) is 0 Å². The van der Waals surface area contributed by atoms with E-state index >= 15 is 0 Å². The van der Waals surface area contributed by atoms with E-state index in [1.807, 2.05) is 12.4 Å². The van der Waals surface area contributed by atoms with Gasteiger partial charge in [0.15, 0.2) is 0 Å². The van der Waals surface area contributed by atoms with Crippen molar-refractivity contribution in [2.45, 2.75) is 19.3 Å². The maximum Gasteiger partial charge on any atom is 0.137 e. The number of rotatable bonds is 1. The van der Waals surface area contributed by atoms with E-state index in [0.717, 1.165) is 5.82 Å². The maximum atomic E-state index is 4.31. The summed E-state index contributed by atoms with van der Waals surface area (Å²) in [6.45, 7) is 0. The van der Waals surface area contributed by atoms with Gasteiger partial charge in [0.05, 0.1) is 0 Å². The summed E-state index contributed by atoms with van der Waals surface area (Å²) in [7, 11) is 0. The van der Waals surface area contributed by atoms with Crippen LogP contribution in [0, 0.1) is 0 Å². The van der Waals surface area contributed by atoms with Crippen LogP contribution >= 0.6 is 0 Å². The first kappa shape index (κ1) is 7.80. The number of benzene rings is 1. The van der Waals surface area contributed by atoms with E-state index in [1.54, 1.807) is 0 Å². The topological polar surface area (TPSA) is 28.7 Å². The number of aryl methyl sites for hydroxylation is 1. The second-order valence-corrected chi connectivity index (χ2v) is 3.73. The van der Waals surface area contributed by atoms with E-state index in [-0.39, 0.29) is 0 Å². The first-order chi connectivity index (χ1) is 6.95. The van der Waals surface area contributed by atoms with Gasteiger partial charge < -0.3 is 4.98 Å². The first-order valence-corrected chi connectivity index (χ1v) is 5.05. The minimum absolute atomic E-state index is 1.00. The molecule has 3 rings (SSSR count). The lowest BCUT2D eigenvalue weighted by Gasteiger charge is -2.04. The Labute approximate surface area is 83.0 Å². The van der Waals surface area contributed by atoms with E-state index in [9.17, 15) is 0 Å². The average molecular weight is 184 g/mol. The Morgan fingerprint density at radius 1 is 1.21 bits per heavy atom. The zero-order chi connectivity index (χ0) is 9.38. The highest BCUT2D eigenvalue weighted by Gasteiger charge is 2.15. The van der Waals surface area contributed by atoms with E-state index in [0.29, 0.717) is 0 Å². The molecule has 0 saturated carbocycles. The van der Waals surface area contributed by atoms with Crippen LogP contribution in [0.2, 0.25) is 0 Å². The zero-order valence-corrected chi connectivity index (χ0v) is 7.96. The summed E-state index contributed by atoms with van der Waals surface area (Å²) in [6, 6.07) is 6.51. The molecule has 1 aromatic carbocycles. The molecule has 2 aromatic rings. The molecule has 0 radical (unpaired) electrons. The number of hydrogen-bond acceptors (Lipinski definition) is 1. The van der Waals surface area contributed by atoms with Crippen molar-refractivity contribution in [2.75, 3.05) is 0 Å². The van der Waals surface area contributed by atoms with Crippen LogP contribution in [0.25, 0.3) is 11.4 Å². The van der Waals surface area contributed by atoms with E-state index in [1.165, 1.54) is 36.0 Å². The fraction of sp³-hybridized carbons (Fsp3) is 0.250. The third-order valence-electron chi connectivity index (χ3n) is 2.90. The second kappa shape index (κ2) is 2.98. The SMILES string of the molecule is c1cc2c(c(-c3ncc[nH]3)c1)CCC2. The highest BCUT2D eigenvalue weighted by Crippen LogP contribution is 2.30. The van der Waals surface area contributed by atoms with Crippen molar-refractivity contribution in [3.05, 3.63) is 41.7 Å². The standard InChI is InChI=1S/C12H12N2/c1-3-9-4-2-6-11(10(9)5-1)12-13-7-8-14-12/h2,4,6-8H,1,3,5H2,(H,13,14). The summed E-state index contributed by atoms with van der Waals surface area (Å²) in [6.07, 6.45) is 7.40. The molecule has 0 saturated heterocycles. The molecule has 70 valence electrons. The Bertz CT molecular complexity index is 443. The third kappa shape index (κ3) is 1.07. The monoisotopic (exact) mass is 184 g/mol. The number of imidazole rings is 1. The fourth-order valence-electron chi connectivity index (χ4n) is 2.25. The minimum Gasteiger partial charge on any atom is -0.345 e. The molecule has 0 fully saturated rings. The highest BCUT2D eigenvalue weighted by atomic mass is 14.9. The number of fused-ring (bicyclic) bond motifs is 1. The molecule has 1 N–H and O–H groups in total. The van der Waals surface area contributed by atoms with E-state index in [4.69, 9.17) is 0 Å². The van der Waals surface area contributed by atoms with Crippen molar-refractivity contribution < 1.29 is 0 Å². The molecular formula is C12H12N2. The van der Waals surface area contributed by atoms with Gasteiger partial charge in [-0.3, -0.25) is 0 Å². The van der Waals surface area contributed by atoms with Crippen molar-refractivity contribution in [3.63, 3.8) is 0 Å². The molecule has 0 atom stereocenters. The summed E-state index contributed by atoms with van der Waals surface area (Å²) >= 11 is 0. The van der Waals surface area contributed by atoms with Crippen LogP contribution in [0.3, 0.4) is 0 Å². The van der Waals surface area contributed by atoms with Crippen LogP contribution in [0.5, 0.6) is 0 Å². The quantitative estimate of drug-likeness (QED) is 0.725. The number of aromatic amines is 1. The van der Waals surface area contributed by atoms with Gasteiger partial charge >= 0.3 is 0 Å². The van der Waals surface area contributed by atoms with Gasteiger partial charge in [0.1, 0.15) is 5.82 Å². The van der Waals surface area contributed by atoms with E-state index < -0.39 is 0 Å². The summed E-state index contributed by atoms with van der Waals surface area (Å²) in [5.41, 5.74) is 4.27. The number of aromatic nitrogens is 2. The van der Waals surface area contributed by atoms with Crippen LogP contribution in [-0.2, 0) is 12.8 Å². The maximum absolute atomic E-state index is 4.31. The predicted octanol–water partition coefficient (Wildman–Crippen LogP) is 2.57. The number of nitrogens with zero attached hydrogens (tertiary/aromatic N) is 1. The second-order valence-electron chi connectivity index (χ2n) is 3.73. The largest absolute Gasteiger partial charge is 0.345 e. The lowest BCUT2D eigenvalue weighted by molar-refractivity contribution is 0.912. The molecular weight excluding hydrogens is 172 g/mol. The molecule has 0 unspecified atom stereocenters. The van der Waals surface area contributed by atoms with Gasteiger partial charge in [0, 0.05) is 18.0 Å². The number of H-pyrrole nitrogens is 1. The van der Waals surface area contributed by atoms with Gasteiger partial charge in [-0.25, -0.2) is 4.98 Å². The Morgan fingerprint density at radius 2 is 2.21 bits per heavy atom. The molecule has 0 spiro atoms. The summed E-state index contributed by atoms with van der Waals surface area (Å²) in [5, 5.41) is 0. The predicted molar refractivity (Wildman–Crippen MR) is 56.0 cm³/mol. The van der Waals surface area contributed by atoms with Crippen molar-refractivity contribution in [3.8, 4) is 11.4 Å². The minimum atomic E-state index is 1.00. The van der Waals surface area contributed by atoms with Crippen molar-refractivity contribution in [1.82, 2.24) is 9.97 Å². The smallest absolute Gasteiger partial charge is 0.137 e. The molecule has 1 aromatic heterocycles. The fourth-order valence-corrected chi connectivity index (χ4v) is 2.25. The summed E-state index contributed by atoms with van der Waals surface area (Å²) < 4.78 is 0. The van der Waals surface area contributed by atoms with Crippen molar-refractivity contribution >= 4 is 0 Å². The number of nitrogens with one attached hydrogen (secondary N) is 1. The van der Waals surface area contributed by atoms with Crippen molar-refractivity contribution in [2.24, 2.45) is 0 Å².